The molecule has 1 fully saturated rings. The molecule has 1 aliphatic rings. The number of fused-ring (bicyclic) bond motifs is 1. The van der Waals surface area contributed by atoms with Crippen molar-refractivity contribution in [3.05, 3.63) is 66.9 Å². The third-order valence-electron chi connectivity index (χ3n) is 6.57. The number of rotatable bonds is 4. The highest BCUT2D eigenvalue weighted by Crippen LogP contribution is 2.37. The lowest BCUT2D eigenvalue weighted by Crippen LogP contribution is -2.41. The van der Waals surface area contributed by atoms with Crippen molar-refractivity contribution in [1.29, 1.82) is 0 Å². The number of pyridine rings is 1. The Labute approximate surface area is 193 Å². The molecule has 0 radical (unpaired) electrons. The molecule has 0 N–H and O–H groups in total. The number of hydrogen-bond donors (Lipinski definition) is 0. The van der Waals surface area contributed by atoms with E-state index in [2.05, 4.69) is 4.98 Å². The molecule has 1 aromatic carbocycles. The molecule has 0 unspecified atom stereocenters. The van der Waals surface area contributed by atoms with E-state index in [1.807, 2.05) is 40.7 Å². The summed E-state index contributed by atoms with van der Waals surface area (Å²) in [6.07, 6.45) is 6.34. The van der Waals surface area contributed by atoms with Crippen LogP contribution in [-0.2, 0) is 19.3 Å². The van der Waals surface area contributed by atoms with Crippen LogP contribution in [0.5, 0.6) is 0 Å². The molecule has 0 aliphatic carbocycles. The summed E-state index contributed by atoms with van der Waals surface area (Å²) < 4.78 is 45.9. The van der Waals surface area contributed by atoms with Crippen LogP contribution in [0.2, 0.25) is 0 Å². The van der Waals surface area contributed by atoms with Crippen molar-refractivity contribution in [2.24, 2.45) is 0 Å². The maximum absolute atomic E-state index is 13.5. The Morgan fingerprint density at radius 3 is 2.27 bits per heavy atom. The first kappa shape index (κ1) is 21.9. The topological polar surface area (TPSA) is 83.6 Å². The van der Waals surface area contributed by atoms with Crippen molar-refractivity contribution in [3.8, 4) is 11.1 Å². The van der Waals surface area contributed by atoms with Crippen LogP contribution in [0.15, 0.2) is 70.6 Å². The average molecular weight is 464 g/mol. The van der Waals surface area contributed by atoms with Crippen molar-refractivity contribution in [1.82, 2.24) is 8.96 Å². The third kappa shape index (κ3) is 3.51. The molecule has 4 heterocycles. The van der Waals surface area contributed by atoms with Gasteiger partial charge in [-0.25, -0.2) is 17.4 Å². The van der Waals surface area contributed by atoms with Crippen LogP contribution in [-0.4, -0.2) is 35.7 Å². The van der Waals surface area contributed by atoms with Gasteiger partial charge in [0.2, 0.25) is 0 Å². The van der Waals surface area contributed by atoms with E-state index in [-0.39, 0.29) is 4.90 Å². The summed E-state index contributed by atoms with van der Waals surface area (Å²) in [5, 5.41) is 0.666. The van der Waals surface area contributed by atoms with Crippen molar-refractivity contribution < 1.29 is 22.1 Å². The highest BCUT2D eigenvalue weighted by Gasteiger charge is 2.52. The summed E-state index contributed by atoms with van der Waals surface area (Å²) in [5.41, 5.74) is 2.48. The van der Waals surface area contributed by atoms with E-state index in [1.165, 1.54) is 3.97 Å². The summed E-state index contributed by atoms with van der Waals surface area (Å²) >= 11 is 0. The molecule has 0 atom stereocenters. The summed E-state index contributed by atoms with van der Waals surface area (Å²) in [5.74, 6) is 0. The molecule has 1 aliphatic heterocycles. The number of nitrogens with zero attached hydrogens (tertiary/aromatic N) is 2. The lowest BCUT2D eigenvalue weighted by molar-refractivity contribution is 0.00578. The van der Waals surface area contributed by atoms with Gasteiger partial charge >= 0.3 is 7.12 Å². The van der Waals surface area contributed by atoms with Gasteiger partial charge in [-0.3, -0.25) is 0 Å². The van der Waals surface area contributed by atoms with E-state index < -0.39 is 28.3 Å². The van der Waals surface area contributed by atoms with Crippen molar-refractivity contribution in [3.63, 3.8) is 0 Å². The summed E-state index contributed by atoms with van der Waals surface area (Å²) in [6, 6.07) is 10.4. The monoisotopic (exact) mass is 464 g/mol. The fraction of sp³-hybridized carbons (Fsp3) is 0.292. The Morgan fingerprint density at radius 1 is 1.00 bits per heavy atom. The summed E-state index contributed by atoms with van der Waals surface area (Å²) in [4.78, 5) is 4.75. The molecule has 0 amide bonds. The van der Waals surface area contributed by atoms with Crippen LogP contribution < -0.4 is 5.46 Å². The van der Waals surface area contributed by atoms with E-state index in [0.717, 1.165) is 16.6 Å². The summed E-state index contributed by atoms with van der Waals surface area (Å²) in [6.45, 7) is 9.86. The van der Waals surface area contributed by atoms with Crippen molar-refractivity contribution >= 4 is 33.6 Å². The number of aryl methyl sites for hydroxylation is 1. The van der Waals surface area contributed by atoms with Gasteiger partial charge in [0, 0.05) is 34.4 Å². The van der Waals surface area contributed by atoms with Gasteiger partial charge in [0.25, 0.3) is 10.0 Å². The first-order chi connectivity index (χ1) is 15.5. The van der Waals surface area contributed by atoms with Gasteiger partial charge in [-0.15, -0.1) is 0 Å². The Bertz CT molecular complexity index is 1420. The van der Waals surface area contributed by atoms with Crippen LogP contribution in [0.3, 0.4) is 0 Å². The van der Waals surface area contributed by atoms with Gasteiger partial charge in [0.1, 0.15) is 0 Å². The molecule has 1 saturated heterocycles. The van der Waals surface area contributed by atoms with Gasteiger partial charge in [-0.05, 0) is 58.9 Å². The van der Waals surface area contributed by atoms with E-state index in [0.29, 0.717) is 16.6 Å². The molecule has 9 heteroatoms. The minimum absolute atomic E-state index is 0.195. The van der Waals surface area contributed by atoms with E-state index >= 15 is 0 Å². The second-order valence-corrected chi connectivity index (χ2v) is 11.2. The standard InChI is InChI=1S/C24H25BN2O5S/c1-16-6-8-19(9-7-16)33(28,29)27-14-21(17-10-11-30-15-17)20-12-18(13-26-22(20)27)25-31-23(2,3)24(4,5)32-25/h6-15H,1-5H3. The normalized spacial score (nSPS) is 17.7. The molecule has 0 saturated carbocycles. The molecule has 170 valence electrons. The van der Waals surface area contributed by atoms with Gasteiger partial charge < -0.3 is 13.7 Å². The first-order valence-corrected chi connectivity index (χ1v) is 12.2. The largest absolute Gasteiger partial charge is 0.496 e. The molecule has 0 spiro atoms. The van der Waals surface area contributed by atoms with E-state index in [4.69, 9.17) is 13.7 Å². The lowest BCUT2D eigenvalue weighted by Gasteiger charge is -2.32. The lowest BCUT2D eigenvalue weighted by atomic mass is 9.80. The predicted molar refractivity (Wildman–Crippen MR) is 127 cm³/mol. The quantitative estimate of drug-likeness (QED) is 0.422. The number of furan rings is 1. The molecule has 4 aromatic rings. The van der Waals surface area contributed by atoms with Gasteiger partial charge in [-0.1, -0.05) is 17.7 Å². The van der Waals surface area contributed by atoms with Crippen LogP contribution >= 0.6 is 0 Å². The van der Waals surface area contributed by atoms with Gasteiger partial charge in [0.05, 0.1) is 28.6 Å². The smallest absolute Gasteiger partial charge is 0.472 e. The van der Waals surface area contributed by atoms with Crippen LogP contribution in [0.25, 0.3) is 22.2 Å². The number of aromatic nitrogens is 2. The van der Waals surface area contributed by atoms with E-state index in [1.54, 1.807) is 55.3 Å². The third-order valence-corrected chi connectivity index (χ3v) is 8.23. The fourth-order valence-electron chi connectivity index (χ4n) is 3.86. The molecule has 3 aromatic heterocycles. The predicted octanol–water partition coefficient (Wildman–Crippen LogP) is 4.14. The molecular formula is C24H25BN2O5S. The molecule has 7 nitrogen and oxygen atoms in total. The second kappa shape index (κ2) is 7.31. The van der Waals surface area contributed by atoms with Crippen molar-refractivity contribution in [2.75, 3.05) is 0 Å². The molecule has 33 heavy (non-hydrogen) atoms. The minimum Gasteiger partial charge on any atom is -0.472 e. The maximum Gasteiger partial charge on any atom is 0.496 e. The average Bonchev–Trinajstić information content (AvgIpc) is 3.45. The Balaban J connectivity index is 1.68. The SMILES string of the molecule is Cc1ccc(S(=O)(=O)n2cc(-c3ccoc3)c3cc(B4OC(C)(C)C(C)(C)O4)cnc32)cc1. The number of benzene rings is 1. The van der Waals surface area contributed by atoms with E-state index in [9.17, 15) is 8.42 Å². The zero-order valence-corrected chi connectivity index (χ0v) is 20.0. The highest BCUT2D eigenvalue weighted by atomic mass is 32.2. The van der Waals surface area contributed by atoms with Gasteiger partial charge in [-0.2, -0.15) is 0 Å². The Kier molecular flexibility index (Phi) is 4.86. The van der Waals surface area contributed by atoms with Crippen molar-refractivity contribution in [2.45, 2.75) is 50.7 Å². The number of hydrogen-bond acceptors (Lipinski definition) is 6. The zero-order chi connectivity index (χ0) is 23.6. The van der Waals surface area contributed by atoms with Crippen LogP contribution in [0.1, 0.15) is 33.3 Å². The minimum atomic E-state index is -3.86. The Morgan fingerprint density at radius 2 is 1.67 bits per heavy atom. The van der Waals surface area contributed by atoms with Crippen LogP contribution in [0.4, 0.5) is 0 Å². The zero-order valence-electron chi connectivity index (χ0n) is 19.2. The molecular weight excluding hydrogens is 439 g/mol. The highest BCUT2D eigenvalue weighted by molar-refractivity contribution is 7.90. The van der Waals surface area contributed by atoms with Crippen LogP contribution in [0, 0.1) is 6.92 Å². The molecule has 0 bridgehead atoms. The fourth-order valence-corrected chi connectivity index (χ4v) is 5.18. The maximum atomic E-state index is 13.5. The first-order valence-electron chi connectivity index (χ1n) is 10.7. The second-order valence-electron chi connectivity index (χ2n) is 9.40. The molecule has 5 rings (SSSR count). The van der Waals surface area contributed by atoms with Gasteiger partial charge in [0.15, 0.2) is 5.65 Å². The summed E-state index contributed by atoms with van der Waals surface area (Å²) in [7, 11) is -4.47. The Hall–Kier alpha value is -2.88.